The van der Waals surface area contributed by atoms with Crippen LogP contribution in [0.3, 0.4) is 0 Å². The molecular formula is C21H18ClN3O2S. The molecule has 7 heteroatoms. The van der Waals surface area contributed by atoms with Crippen LogP contribution in [0.2, 0.25) is 5.02 Å². The zero-order valence-corrected chi connectivity index (χ0v) is 16.7. The van der Waals surface area contributed by atoms with Gasteiger partial charge in [0.1, 0.15) is 0 Å². The summed E-state index contributed by atoms with van der Waals surface area (Å²) < 4.78 is 7.46. The van der Waals surface area contributed by atoms with E-state index in [1.807, 2.05) is 12.1 Å². The molecule has 3 aromatic rings. The normalized spacial score (nSPS) is 16.4. The van der Waals surface area contributed by atoms with Crippen molar-refractivity contribution >= 4 is 34.3 Å². The van der Waals surface area contributed by atoms with Crippen LogP contribution >= 0.6 is 23.4 Å². The second kappa shape index (κ2) is 8.36. The van der Waals surface area contributed by atoms with Crippen LogP contribution < -0.4 is 5.56 Å². The van der Waals surface area contributed by atoms with Gasteiger partial charge in [0.05, 0.1) is 35.2 Å². The highest BCUT2D eigenvalue weighted by molar-refractivity contribution is 7.98. The third kappa shape index (κ3) is 4.07. The molecule has 1 aliphatic rings. The maximum Gasteiger partial charge on any atom is 0.262 e. The topological polar surface area (TPSA) is 67.9 Å². The van der Waals surface area contributed by atoms with Crippen molar-refractivity contribution in [3.63, 3.8) is 0 Å². The van der Waals surface area contributed by atoms with Gasteiger partial charge in [-0.1, -0.05) is 35.5 Å². The quantitative estimate of drug-likeness (QED) is 0.460. The van der Waals surface area contributed by atoms with Gasteiger partial charge in [0.2, 0.25) is 0 Å². The molecule has 28 heavy (non-hydrogen) atoms. The summed E-state index contributed by atoms with van der Waals surface area (Å²) in [5.74, 6) is 0.649. The molecule has 0 N–H and O–H groups in total. The molecule has 0 radical (unpaired) electrons. The van der Waals surface area contributed by atoms with Gasteiger partial charge < -0.3 is 4.74 Å². The molecular weight excluding hydrogens is 394 g/mol. The molecule has 5 nitrogen and oxygen atoms in total. The van der Waals surface area contributed by atoms with Crippen LogP contribution in [0.1, 0.15) is 24.0 Å². The Morgan fingerprint density at radius 2 is 2.11 bits per heavy atom. The number of nitrogens with zero attached hydrogens (tertiary/aromatic N) is 3. The van der Waals surface area contributed by atoms with E-state index in [2.05, 4.69) is 6.07 Å². The van der Waals surface area contributed by atoms with Gasteiger partial charge in [-0.2, -0.15) is 5.26 Å². The first-order valence-electron chi connectivity index (χ1n) is 9.07. The van der Waals surface area contributed by atoms with E-state index >= 15 is 0 Å². The summed E-state index contributed by atoms with van der Waals surface area (Å²) in [4.78, 5) is 17.8. The SMILES string of the molecule is N#Cc1ccc(CSc2nc3cc(Cl)ccc3c(=O)n2C[C@@H]2CCCO2)cc1. The number of hydrogen-bond acceptors (Lipinski definition) is 5. The third-order valence-corrected chi connectivity index (χ3v) is 6.03. The van der Waals surface area contributed by atoms with E-state index in [1.54, 1.807) is 34.9 Å². The minimum atomic E-state index is -0.0699. The van der Waals surface area contributed by atoms with E-state index in [4.69, 9.17) is 26.6 Å². The predicted octanol–water partition coefficient (Wildman–Crippen LogP) is 4.39. The number of halogens is 1. The molecule has 2 aromatic carbocycles. The van der Waals surface area contributed by atoms with Crippen LogP contribution in [-0.2, 0) is 17.0 Å². The van der Waals surface area contributed by atoms with Gasteiger partial charge in [-0.3, -0.25) is 9.36 Å². The number of nitriles is 1. The smallest absolute Gasteiger partial charge is 0.262 e. The van der Waals surface area contributed by atoms with Crippen LogP contribution in [-0.4, -0.2) is 22.3 Å². The Morgan fingerprint density at radius 1 is 1.29 bits per heavy atom. The standard InChI is InChI=1S/C21H18ClN3O2S/c22-16-7-8-18-19(10-16)24-21(25(20(18)26)12-17-2-1-9-27-17)28-13-15-5-3-14(11-23)4-6-15/h3-8,10,17H,1-2,9,12-13H2/t17-/m0/s1. The lowest BCUT2D eigenvalue weighted by Crippen LogP contribution is -2.28. The van der Waals surface area contributed by atoms with Crippen molar-refractivity contribution in [3.8, 4) is 6.07 Å². The van der Waals surface area contributed by atoms with Gasteiger partial charge >= 0.3 is 0 Å². The van der Waals surface area contributed by atoms with Gasteiger partial charge in [-0.05, 0) is 48.7 Å². The van der Waals surface area contributed by atoms with Gasteiger partial charge in [-0.15, -0.1) is 0 Å². The molecule has 2 heterocycles. The van der Waals surface area contributed by atoms with E-state index in [1.165, 1.54) is 11.8 Å². The molecule has 1 fully saturated rings. The second-order valence-corrected chi connectivity index (χ2v) is 8.08. The lowest BCUT2D eigenvalue weighted by atomic mass is 10.2. The summed E-state index contributed by atoms with van der Waals surface area (Å²) in [6.07, 6.45) is 2.01. The Hall–Kier alpha value is -2.33. The van der Waals surface area contributed by atoms with E-state index in [-0.39, 0.29) is 11.7 Å². The van der Waals surface area contributed by atoms with Gasteiger partial charge in [-0.25, -0.2) is 4.98 Å². The lowest BCUT2D eigenvalue weighted by Gasteiger charge is -2.16. The first-order chi connectivity index (χ1) is 13.6. The summed E-state index contributed by atoms with van der Waals surface area (Å²) in [6, 6.07) is 14.7. The molecule has 0 amide bonds. The predicted molar refractivity (Wildman–Crippen MR) is 111 cm³/mol. The average Bonchev–Trinajstić information content (AvgIpc) is 3.22. The van der Waals surface area contributed by atoms with Crippen molar-refractivity contribution in [2.24, 2.45) is 0 Å². The van der Waals surface area contributed by atoms with Crippen molar-refractivity contribution in [3.05, 3.63) is 69.0 Å². The number of rotatable bonds is 5. The molecule has 4 rings (SSSR count). The molecule has 0 spiro atoms. The molecule has 1 aliphatic heterocycles. The fraction of sp³-hybridized carbons (Fsp3) is 0.286. The average molecular weight is 412 g/mol. The van der Waals surface area contributed by atoms with Gasteiger partial charge in [0.15, 0.2) is 5.16 Å². The van der Waals surface area contributed by atoms with Crippen molar-refractivity contribution in [2.45, 2.75) is 36.4 Å². The maximum absolute atomic E-state index is 13.1. The maximum atomic E-state index is 13.1. The minimum Gasteiger partial charge on any atom is -0.376 e. The molecule has 0 saturated carbocycles. The summed E-state index contributed by atoms with van der Waals surface area (Å²) in [5.41, 5.74) is 2.22. The number of aromatic nitrogens is 2. The van der Waals surface area contributed by atoms with E-state index in [0.29, 0.717) is 38.9 Å². The largest absolute Gasteiger partial charge is 0.376 e. The molecule has 0 unspecified atom stereocenters. The van der Waals surface area contributed by atoms with Crippen LogP contribution in [0.5, 0.6) is 0 Å². The third-order valence-electron chi connectivity index (χ3n) is 4.74. The Morgan fingerprint density at radius 3 is 2.82 bits per heavy atom. The van der Waals surface area contributed by atoms with Crippen molar-refractivity contribution in [1.29, 1.82) is 5.26 Å². The summed E-state index contributed by atoms with van der Waals surface area (Å²) in [7, 11) is 0. The molecule has 0 bridgehead atoms. The van der Waals surface area contributed by atoms with Crippen molar-refractivity contribution in [1.82, 2.24) is 9.55 Å². The first-order valence-corrected chi connectivity index (χ1v) is 10.4. The Kier molecular flexibility index (Phi) is 5.67. The van der Waals surface area contributed by atoms with Crippen LogP contribution in [0.25, 0.3) is 10.9 Å². The Bertz CT molecular complexity index is 1100. The molecule has 1 aromatic heterocycles. The fourth-order valence-corrected chi connectivity index (χ4v) is 4.39. The monoisotopic (exact) mass is 411 g/mol. The number of thioether (sulfide) groups is 1. The van der Waals surface area contributed by atoms with E-state index < -0.39 is 0 Å². The Labute approximate surface area is 171 Å². The zero-order valence-electron chi connectivity index (χ0n) is 15.1. The number of hydrogen-bond donors (Lipinski definition) is 0. The van der Waals surface area contributed by atoms with Gasteiger partial charge in [0.25, 0.3) is 5.56 Å². The summed E-state index contributed by atoms with van der Waals surface area (Å²) in [6.45, 7) is 1.24. The Balaban J connectivity index is 1.68. The molecule has 1 saturated heterocycles. The van der Waals surface area contributed by atoms with Crippen LogP contribution in [0, 0.1) is 11.3 Å². The van der Waals surface area contributed by atoms with Crippen LogP contribution in [0.15, 0.2) is 52.4 Å². The molecule has 0 aliphatic carbocycles. The van der Waals surface area contributed by atoms with Gasteiger partial charge in [0, 0.05) is 17.4 Å². The highest BCUT2D eigenvalue weighted by Crippen LogP contribution is 2.25. The highest BCUT2D eigenvalue weighted by Gasteiger charge is 2.20. The second-order valence-electron chi connectivity index (χ2n) is 6.70. The minimum absolute atomic E-state index is 0.0403. The summed E-state index contributed by atoms with van der Waals surface area (Å²) in [5, 5.41) is 10.7. The lowest BCUT2D eigenvalue weighted by molar-refractivity contribution is 0.0937. The number of fused-ring (bicyclic) bond motifs is 1. The first kappa shape index (κ1) is 19.0. The highest BCUT2D eigenvalue weighted by atomic mass is 35.5. The van der Waals surface area contributed by atoms with Crippen LogP contribution in [0.4, 0.5) is 0 Å². The number of ether oxygens (including phenoxy) is 1. The molecule has 142 valence electrons. The van der Waals surface area contributed by atoms with E-state index in [9.17, 15) is 4.79 Å². The fourth-order valence-electron chi connectivity index (χ4n) is 3.26. The van der Waals surface area contributed by atoms with Crippen molar-refractivity contribution < 1.29 is 4.74 Å². The van der Waals surface area contributed by atoms with Crippen molar-refractivity contribution in [2.75, 3.05) is 6.61 Å². The van der Waals surface area contributed by atoms with E-state index in [0.717, 1.165) is 25.0 Å². The number of benzene rings is 2. The summed E-state index contributed by atoms with van der Waals surface area (Å²) >= 11 is 7.60. The zero-order chi connectivity index (χ0) is 19.5. The molecule has 1 atom stereocenters.